The van der Waals surface area contributed by atoms with Crippen LogP contribution in [0.15, 0.2) is 30.3 Å². The fourth-order valence-electron chi connectivity index (χ4n) is 1.29. The van der Waals surface area contributed by atoms with Gasteiger partial charge < -0.3 is 0 Å². The lowest BCUT2D eigenvalue weighted by molar-refractivity contribution is -0.107. The highest BCUT2D eigenvalue weighted by Gasteiger charge is 2.15. The first-order chi connectivity index (χ1) is 7.75. The van der Waals surface area contributed by atoms with Gasteiger partial charge in [0.2, 0.25) is 5.78 Å². The minimum atomic E-state index is -0.387. The molecule has 86 valence electrons. The molecule has 0 aliphatic rings. The number of unbranched alkanes of at least 4 members (excludes halogenated alkanes) is 2. The van der Waals surface area contributed by atoms with Crippen molar-refractivity contribution in [2.24, 2.45) is 0 Å². The Balaban J connectivity index is 2.40. The summed E-state index contributed by atoms with van der Waals surface area (Å²) < 4.78 is 0. The summed E-state index contributed by atoms with van der Waals surface area (Å²) in [6.45, 7) is 2.11. The van der Waals surface area contributed by atoms with Gasteiger partial charge in [-0.3, -0.25) is 9.59 Å². The maximum absolute atomic E-state index is 11.6. The van der Waals surface area contributed by atoms with Gasteiger partial charge in [-0.1, -0.05) is 61.9 Å². The van der Waals surface area contributed by atoms with Crippen LogP contribution in [0.2, 0.25) is 0 Å². The molecular weight excluding hydrogens is 220 g/mol. The average molecular weight is 236 g/mol. The maximum Gasteiger partial charge on any atom is 0.259 e. The second-order valence-electron chi connectivity index (χ2n) is 3.54. The predicted octanol–water partition coefficient (Wildman–Crippen LogP) is 3.32. The highest BCUT2D eigenvalue weighted by molar-refractivity contribution is 8.15. The minimum absolute atomic E-state index is 0.345. The van der Waals surface area contributed by atoms with Crippen molar-refractivity contribution in [1.29, 1.82) is 0 Å². The molecule has 3 heteroatoms. The first-order valence-electron chi connectivity index (χ1n) is 5.52. The summed E-state index contributed by atoms with van der Waals surface area (Å²) in [6, 6.07) is 8.71. The van der Waals surface area contributed by atoms with Crippen molar-refractivity contribution in [3.8, 4) is 0 Å². The highest BCUT2D eigenvalue weighted by atomic mass is 32.2. The van der Waals surface area contributed by atoms with E-state index in [1.54, 1.807) is 24.3 Å². The lowest BCUT2D eigenvalue weighted by atomic mass is 10.1. The molecule has 0 saturated heterocycles. The second-order valence-corrected chi connectivity index (χ2v) is 4.61. The molecule has 0 amide bonds. The summed E-state index contributed by atoms with van der Waals surface area (Å²) in [7, 11) is 0. The topological polar surface area (TPSA) is 34.1 Å². The number of rotatable bonds is 6. The van der Waals surface area contributed by atoms with Gasteiger partial charge in [-0.2, -0.15) is 0 Å². The molecule has 0 radical (unpaired) electrons. The normalized spacial score (nSPS) is 10.1. The van der Waals surface area contributed by atoms with E-state index in [-0.39, 0.29) is 10.9 Å². The number of hydrogen-bond acceptors (Lipinski definition) is 3. The number of carbonyl (C=O) groups excluding carboxylic acids is 2. The molecule has 1 aromatic rings. The van der Waals surface area contributed by atoms with Crippen LogP contribution in [0.25, 0.3) is 0 Å². The lowest BCUT2D eigenvalue weighted by Gasteiger charge is -1.99. The summed E-state index contributed by atoms with van der Waals surface area (Å²) in [5, 5.41) is -0.345. The molecule has 16 heavy (non-hydrogen) atoms. The van der Waals surface area contributed by atoms with E-state index in [4.69, 9.17) is 0 Å². The maximum atomic E-state index is 11.6. The second kappa shape index (κ2) is 7.23. The fourth-order valence-corrected chi connectivity index (χ4v) is 2.07. The zero-order valence-electron chi connectivity index (χ0n) is 9.44. The summed E-state index contributed by atoms with van der Waals surface area (Å²) in [4.78, 5) is 23.2. The molecule has 0 aliphatic carbocycles. The number of ketones is 1. The van der Waals surface area contributed by atoms with E-state index in [0.29, 0.717) is 5.56 Å². The van der Waals surface area contributed by atoms with Gasteiger partial charge in [-0.15, -0.1) is 0 Å². The molecular formula is C13H16O2S. The van der Waals surface area contributed by atoms with E-state index < -0.39 is 0 Å². The van der Waals surface area contributed by atoms with E-state index >= 15 is 0 Å². The molecule has 2 nitrogen and oxygen atoms in total. The molecule has 0 fully saturated rings. The monoisotopic (exact) mass is 236 g/mol. The summed E-state index contributed by atoms with van der Waals surface area (Å²) in [6.07, 6.45) is 3.23. The molecule has 0 heterocycles. The Morgan fingerprint density at radius 3 is 2.44 bits per heavy atom. The molecule has 0 atom stereocenters. The van der Waals surface area contributed by atoms with Gasteiger partial charge in [-0.05, 0) is 6.42 Å². The highest BCUT2D eigenvalue weighted by Crippen LogP contribution is 2.11. The van der Waals surface area contributed by atoms with Crippen LogP contribution in [0.1, 0.15) is 36.5 Å². The third-order valence-electron chi connectivity index (χ3n) is 2.20. The third-order valence-corrected chi connectivity index (χ3v) is 3.14. The average Bonchev–Trinajstić information content (AvgIpc) is 2.34. The van der Waals surface area contributed by atoms with Crippen LogP contribution in [0.4, 0.5) is 0 Å². The van der Waals surface area contributed by atoms with Crippen molar-refractivity contribution >= 4 is 22.7 Å². The van der Waals surface area contributed by atoms with Crippen molar-refractivity contribution in [2.75, 3.05) is 5.75 Å². The Labute approximate surface area is 100 Å². The SMILES string of the molecule is CCCCCSC(=O)C(=O)c1ccccc1. The zero-order valence-corrected chi connectivity index (χ0v) is 10.3. The van der Waals surface area contributed by atoms with Crippen molar-refractivity contribution in [3.63, 3.8) is 0 Å². The Hall–Kier alpha value is -1.09. The lowest BCUT2D eigenvalue weighted by Crippen LogP contribution is -2.10. The Morgan fingerprint density at radius 2 is 1.81 bits per heavy atom. The summed E-state index contributed by atoms with van der Waals surface area (Å²) >= 11 is 1.13. The van der Waals surface area contributed by atoms with Crippen LogP contribution >= 0.6 is 11.8 Å². The van der Waals surface area contributed by atoms with Crippen molar-refractivity contribution in [3.05, 3.63) is 35.9 Å². The van der Waals surface area contributed by atoms with E-state index in [1.807, 2.05) is 6.07 Å². The molecule has 0 aliphatic heterocycles. The number of hydrogen-bond donors (Lipinski definition) is 0. The Kier molecular flexibility index (Phi) is 5.86. The van der Waals surface area contributed by atoms with Gasteiger partial charge in [0.05, 0.1) is 0 Å². The van der Waals surface area contributed by atoms with Crippen LogP contribution < -0.4 is 0 Å². The predicted molar refractivity (Wildman–Crippen MR) is 67.8 cm³/mol. The van der Waals surface area contributed by atoms with E-state index in [2.05, 4.69) is 6.92 Å². The summed E-state index contributed by atoms with van der Waals surface area (Å²) in [5.41, 5.74) is 0.482. The van der Waals surface area contributed by atoms with Gasteiger partial charge in [0.1, 0.15) is 0 Å². The van der Waals surface area contributed by atoms with Gasteiger partial charge >= 0.3 is 0 Å². The van der Waals surface area contributed by atoms with Crippen LogP contribution in [-0.2, 0) is 4.79 Å². The molecule has 0 saturated carbocycles. The molecule has 0 unspecified atom stereocenters. The van der Waals surface area contributed by atoms with Crippen LogP contribution in [0.3, 0.4) is 0 Å². The van der Waals surface area contributed by atoms with E-state index in [1.165, 1.54) is 0 Å². The van der Waals surface area contributed by atoms with Crippen LogP contribution in [0, 0.1) is 0 Å². The zero-order chi connectivity index (χ0) is 11.8. The number of thioether (sulfide) groups is 1. The fraction of sp³-hybridized carbons (Fsp3) is 0.385. The third kappa shape index (κ3) is 4.19. The van der Waals surface area contributed by atoms with E-state index in [9.17, 15) is 9.59 Å². The largest absolute Gasteiger partial charge is 0.284 e. The molecule has 1 aromatic carbocycles. The van der Waals surface area contributed by atoms with Crippen LogP contribution in [-0.4, -0.2) is 16.7 Å². The number of carbonyl (C=O) groups is 2. The summed E-state index contributed by atoms with van der Waals surface area (Å²) in [5.74, 6) is 0.354. The minimum Gasteiger partial charge on any atom is -0.284 e. The van der Waals surface area contributed by atoms with Crippen LogP contribution in [0.5, 0.6) is 0 Å². The van der Waals surface area contributed by atoms with Gasteiger partial charge in [0.25, 0.3) is 5.12 Å². The standard InChI is InChI=1S/C13H16O2S/c1-2-3-7-10-16-13(15)12(14)11-8-5-4-6-9-11/h4-6,8-9H,2-3,7,10H2,1H3. The van der Waals surface area contributed by atoms with Crippen molar-refractivity contribution < 1.29 is 9.59 Å². The van der Waals surface area contributed by atoms with Crippen molar-refractivity contribution in [1.82, 2.24) is 0 Å². The van der Waals surface area contributed by atoms with Crippen molar-refractivity contribution in [2.45, 2.75) is 26.2 Å². The van der Waals surface area contributed by atoms with E-state index in [0.717, 1.165) is 36.8 Å². The molecule has 0 N–H and O–H groups in total. The molecule has 0 spiro atoms. The molecule has 0 aromatic heterocycles. The van der Waals surface area contributed by atoms with Gasteiger partial charge in [-0.25, -0.2) is 0 Å². The van der Waals surface area contributed by atoms with Gasteiger partial charge in [0, 0.05) is 11.3 Å². The quantitative estimate of drug-likeness (QED) is 0.431. The van der Waals surface area contributed by atoms with Gasteiger partial charge in [0.15, 0.2) is 0 Å². The Morgan fingerprint density at radius 1 is 1.12 bits per heavy atom. The molecule has 1 rings (SSSR count). The number of benzene rings is 1. The first-order valence-corrected chi connectivity index (χ1v) is 6.50. The number of Topliss-reactive ketones (excluding diaryl/α,β-unsaturated/α-hetero) is 1. The Bertz CT molecular complexity index is 346. The smallest absolute Gasteiger partial charge is 0.259 e. The first kappa shape index (κ1) is 13.0. The molecule has 0 bridgehead atoms.